The third-order valence-electron chi connectivity index (χ3n) is 2.00. The Labute approximate surface area is 82.6 Å². The van der Waals surface area contributed by atoms with Crippen molar-refractivity contribution in [2.45, 2.75) is 25.9 Å². The van der Waals surface area contributed by atoms with Gasteiger partial charge in [0.1, 0.15) is 13.2 Å². The van der Waals surface area contributed by atoms with Gasteiger partial charge in [-0.3, -0.25) is 14.5 Å². The van der Waals surface area contributed by atoms with Crippen LogP contribution in [0.15, 0.2) is 0 Å². The summed E-state index contributed by atoms with van der Waals surface area (Å²) in [4.78, 5) is 23.6. The predicted octanol–water partition coefficient (Wildman–Crippen LogP) is -0.467. The minimum absolute atomic E-state index is 0.0441. The molecule has 0 atom stereocenters. The van der Waals surface area contributed by atoms with Crippen LogP contribution in [-0.2, 0) is 14.3 Å². The van der Waals surface area contributed by atoms with Crippen molar-refractivity contribution >= 4 is 11.8 Å². The minimum atomic E-state index is -0.862. The first-order valence-corrected chi connectivity index (χ1v) is 4.53. The first kappa shape index (κ1) is 11.1. The van der Waals surface area contributed by atoms with Gasteiger partial charge in [0.25, 0.3) is 11.8 Å². The van der Waals surface area contributed by atoms with Crippen molar-refractivity contribution in [3.8, 4) is 0 Å². The number of imide groups is 1. The summed E-state index contributed by atoms with van der Waals surface area (Å²) in [5.41, 5.74) is -0.862. The Morgan fingerprint density at radius 3 is 2.29 bits per heavy atom. The number of carbonyl (C=O) groups excluding carboxylic acids is 2. The first-order chi connectivity index (χ1) is 6.40. The molecule has 2 amide bonds. The smallest absolute Gasteiger partial charge is 0.255 e. The highest BCUT2D eigenvalue weighted by molar-refractivity contribution is 5.98. The number of carbonyl (C=O) groups is 2. The van der Waals surface area contributed by atoms with Gasteiger partial charge in [-0.05, 0) is 20.3 Å². The Kier molecular flexibility index (Phi) is 3.23. The van der Waals surface area contributed by atoms with Crippen molar-refractivity contribution < 1.29 is 19.4 Å². The Balaban J connectivity index is 2.49. The van der Waals surface area contributed by atoms with Crippen molar-refractivity contribution in [3.63, 3.8) is 0 Å². The van der Waals surface area contributed by atoms with Crippen molar-refractivity contribution in [1.29, 1.82) is 0 Å². The fourth-order valence-corrected chi connectivity index (χ4v) is 1.16. The molecule has 1 heterocycles. The minimum Gasteiger partial charge on any atom is -0.390 e. The summed E-state index contributed by atoms with van der Waals surface area (Å²) in [7, 11) is 0. The predicted molar refractivity (Wildman–Crippen MR) is 48.5 cm³/mol. The van der Waals surface area contributed by atoms with Gasteiger partial charge in [0, 0.05) is 6.54 Å². The zero-order valence-electron chi connectivity index (χ0n) is 8.45. The van der Waals surface area contributed by atoms with Crippen molar-refractivity contribution in [3.05, 3.63) is 0 Å². The first-order valence-electron chi connectivity index (χ1n) is 4.53. The Morgan fingerprint density at radius 2 is 1.86 bits per heavy atom. The largest absolute Gasteiger partial charge is 0.390 e. The Morgan fingerprint density at radius 1 is 1.36 bits per heavy atom. The molecular weight excluding hydrogens is 186 g/mol. The lowest BCUT2D eigenvalue weighted by atomic mass is 10.1. The van der Waals surface area contributed by atoms with Crippen LogP contribution in [0.25, 0.3) is 0 Å². The van der Waals surface area contributed by atoms with Crippen LogP contribution < -0.4 is 0 Å². The highest BCUT2D eigenvalue weighted by Gasteiger charge is 2.27. The molecule has 0 saturated carbocycles. The van der Waals surface area contributed by atoms with Crippen LogP contribution in [0.4, 0.5) is 0 Å². The summed E-state index contributed by atoms with van der Waals surface area (Å²) < 4.78 is 4.75. The molecule has 5 heteroatoms. The quantitative estimate of drug-likeness (QED) is 0.627. The molecule has 80 valence electrons. The molecule has 0 bridgehead atoms. The van der Waals surface area contributed by atoms with E-state index in [0.717, 1.165) is 4.90 Å². The van der Waals surface area contributed by atoms with E-state index in [0.29, 0.717) is 6.42 Å². The molecule has 1 N–H and O–H groups in total. The van der Waals surface area contributed by atoms with Crippen LogP contribution in [0.5, 0.6) is 0 Å². The van der Waals surface area contributed by atoms with E-state index in [1.807, 2.05) is 0 Å². The molecule has 0 aromatic rings. The molecule has 0 aromatic carbocycles. The number of hydrogen-bond donors (Lipinski definition) is 1. The standard InChI is InChI=1S/C9H15NO4/c1-9(2,13)3-4-10-7(11)5-14-6-8(10)12/h13H,3-6H2,1-2H3. The molecule has 5 nitrogen and oxygen atoms in total. The van der Waals surface area contributed by atoms with Crippen molar-refractivity contribution in [1.82, 2.24) is 4.90 Å². The summed E-state index contributed by atoms with van der Waals surface area (Å²) in [5, 5.41) is 9.44. The SMILES string of the molecule is CC(C)(O)CCN1C(=O)COCC1=O. The maximum Gasteiger partial charge on any atom is 0.255 e. The lowest BCUT2D eigenvalue weighted by Gasteiger charge is -2.27. The molecule has 1 rings (SSSR count). The highest BCUT2D eigenvalue weighted by atomic mass is 16.5. The van der Waals surface area contributed by atoms with Gasteiger partial charge in [0.15, 0.2) is 0 Å². The Bertz CT molecular complexity index is 228. The van der Waals surface area contributed by atoms with Crippen LogP contribution in [0.3, 0.4) is 0 Å². The molecule has 14 heavy (non-hydrogen) atoms. The fourth-order valence-electron chi connectivity index (χ4n) is 1.16. The number of nitrogens with zero attached hydrogens (tertiary/aromatic N) is 1. The van der Waals surface area contributed by atoms with Gasteiger partial charge >= 0.3 is 0 Å². The summed E-state index contributed by atoms with van der Waals surface area (Å²) in [6.07, 6.45) is 0.379. The van der Waals surface area contributed by atoms with Crippen LogP contribution in [0, 0.1) is 0 Å². The highest BCUT2D eigenvalue weighted by Crippen LogP contribution is 2.10. The molecule has 0 unspecified atom stereocenters. The van der Waals surface area contributed by atoms with Crippen LogP contribution in [0.2, 0.25) is 0 Å². The van der Waals surface area contributed by atoms with Gasteiger partial charge in [0.2, 0.25) is 0 Å². The number of morpholine rings is 1. The van der Waals surface area contributed by atoms with Gasteiger partial charge in [-0.2, -0.15) is 0 Å². The molecule has 1 aliphatic rings. The van der Waals surface area contributed by atoms with E-state index in [4.69, 9.17) is 4.74 Å². The van der Waals surface area contributed by atoms with E-state index in [2.05, 4.69) is 0 Å². The van der Waals surface area contributed by atoms with E-state index >= 15 is 0 Å². The zero-order chi connectivity index (χ0) is 10.8. The van der Waals surface area contributed by atoms with E-state index in [1.54, 1.807) is 13.8 Å². The van der Waals surface area contributed by atoms with Crippen LogP contribution in [0.1, 0.15) is 20.3 Å². The third kappa shape index (κ3) is 3.08. The second-order valence-electron chi connectivity index (χ2n) is 3.99. The molecule has 0 radical (unpaired) electrons. The molecule has 1 aliphatic heterocycles. The lowest BCUT2D eigenvalue weighted by Crippen LogP contribution is -2.47. The summed E-state index contributed by atoms with van der Waals surface area (Å²) in [6, 6.07) is 0. The normalized spacial score (nSPS) is 18.9. The van der Waals surface area contributed by atoms with Gasteiger partial charge in [-0.1, -0.05) is 0 Å². The maximum atomic E-state index is 11.2. The second-order valence-corrected chi connectivity index (χ2v) is 3.99. The van der Waals surface area contributed by atoms with E-state index in [9.17, 15) is 14.7 Å². The lowest BCUT2D eigenvalue weighted by molar-refractivity contribution is -0.159. The maximum absolute atomic E-state index is 11.2. The number of aliphatic hydroxyl groups is 1. The number of ether oxygens (including phenoxy) is 1. The summed E-state index contributed by atoms with van der Waals surface area (Å²) in [5.74, 6) is -0.656. The molecule has 0 spiro atoms. The van der Waals surface area contributed by atoms with Gasteiger partial charge < -0.3 is 9.84 Å². The van der Waals surface area contributed by atoms with Crippen molar-refractivity contribution in [2.24, 2.45) is 0 Å². The van der Waals surface area contributed by atoms with E-state index in [-0.39, 0.29) is 31.6 Å². The summed E-state index contributed by atoms with van der Waals surface area (Å²) in [6.45, 7) is 3.45. The van der Waals surface area contributed by atoms with Gasteiger partial charge in [0.05, 0.1) is 5.60 Å². The average molecular weight is 201 g/mol. The molecule has 1 fully saturated rings. The molecule has 1 saturated heterocycles. The number of rotatable bonds is 3. The topological polar surface area (TPSA) is 66.8 Å². The average Bonchev–Trinajstić information content (AvgIpc) is 2.01. The number of hydrogen-bond acceptors (Lipinski definition) is 4. The van der Waals surface area contributed by atoms with E-state index in [1.165, 1.54) is 0 Å². The molecular formula is C9H15NO4. The van der Waals surface area contributed by atoms with E-state index < -0.39 is 5.60 Å². The van der Waals surface area contributed by atoms with Gasteiger partial charge in [-0.25, -0.2) is 0 Å². The third-order valence-corrected chi connectivity index (χ3v) is 2.00. The van der Waals surface area contributed by atoms with Crippen molar-refractivity contribution in [2.75, 3.05) is 19.8 Å². The number of amides is 2. The molecule has 0 aromatic heterocycles. The fraction of sp³-hybridized carbons (Fsp3) is 0.778. The van der Waals surface area contributed by atoms with Crippen LogP contribution in [-0.4, -0.2) is 47.2 Å². The zero-order valence-corrected chi connectivity index (χ0v) is 8.45. The second kappa shape index (κ2) is 4.06. The Hall–Kier alpha value is -0.940. The van der Waals surface area contributed by atoms with Gasteiger partial charge in [-0.15, -0.1) is 0 Å². The van der Waals surface area contributed by atoms with Crippen LogP contribution >= 0.6 is 0 Å². The molecule has 0 aliphatic carbocycles. The monoisotopic (exact) mass is 201 g/mol. The summed E-state index contributed by atoms with van der Waals surface area (Å²) >= 11 is 0.